The molecule has 13 heavy (non-hydrogen) atoms. The molecule has 0 heterocycles. The van der Waals surface area contributed by atoms with Crippen molar-refractivity contribution >= 4 is 29.4 Å². The lowest BCUT2D eigenvalue weighted by molar-refractivity contribution is 0.339. The first kappa shape index (κ1) is 11.0. The van der Waals surface area contributed by atoms with Gasteiger partial charge in [0.15, 0.2) is 0 Å². The SMILES string of the molecule is CCO[Si](C)(C)c1ccccc1Br. The Morgan fingerprint density at radius 2 is 1.92 bits per heavy atom. The van der Waals surface area contributed by atoms with E-state index in [1.807, 2.05) is 13.0 Å². The minimum atomic E-state index is -1.67. The molecule has 0 N–H and O–H groups in total. The highest BCUT2D eigenvalue weighted by Gasteiger charge is 2.26. The van der Waals surface area contributed by atoms with Gasteiger partial charge in [0.2, 0.25) is 8.32 Å². The summed E-state index contributed by atoms with van der Waals surface area (Å²) in [6.07, 6.45) is 0. The minimum Gasteiger partial charge on any atom is -0.413 e. The molecule has 1 aromatic carbocycles. The standard InChI is InChI=1S/C10H15BrOSi/c1-4-12-13(2,3)10-8-6-5-7-9(10)11/h5-8H,4H2,1-3H3. The summed E-state index contributed by atoms with van der Waals surface area (Å²) in [6.45, 7) is 7.28. The Hall–Kier alpha value is -0.123. The maximum Gasteiger partial charge on any atom is 0.219 e. The molecule has 72 valence electrons. The van der Waals surface area contributed by atoms with Crippen molar-refractivity contribution in [2.24, 2.45) is 0 Å². The zero-order chi connectivity index (χ0) is 9.90. The van der Waals surface area contributed by atoms with E-state index in [1.54, 1.807) is 0 Å². The van der Waals surface area contributed by atoms with E-state index in [-0.39, 0.29) is 0 Å². The highest BCUT2D eigenvalue weighted by Crippen LogP contribution is 2.13. The van der Waals surface area contributed by atoms with Gasteiger partial charge in [-0.3, -0.25) is 0 Å². The summed E-state index contributed by atoms with van der Waals surface area (Å²) in [5.74, 6) is 0. The first-order valence-electron chi connectivity index (χ1n) is 4.47. The summed E-state index contributed by atoms with van der Waals surface area (Å²) >= 11 is 3.56. The number of benzene rings is 1. The van der Waals surface area contributed by atoms with Gasteiger partial charge in [0.05, 0.1) is 0 Å². The molecule has 1 aromatic rings. The monoisotopic (exact) mass is 258 g/mol. The topological polar surface area (TPSA) is 9.23 Å². The third-order valence-corrected chi connectivity index (χ3v) is 5.83. The fourth-order valence-electron chi connectivity index (χ4n) is 1.39. The second kappa shape index (κ2) is 4.40. The molecule has 1 rings (SSSR count). The zero-order valence-electron chi connectivity index (χ0n) is 8.30. The predicted molar refractivity (Wildman–Crippen MR) is 62.9 cm³/mol. The highest BCUT2D eigenvalue weighted by atomic mass is 79.9. The zero-order valence-corrected chi connectivity index (χ0v) is 10.9. The van der Waals surface area contributed by atoms with E-state index in [4.69, 9.17) is 4.43 Å². The van der Waals surface area contributed by atoms with Crippen LogP contribution in [0.3, 0.4) is 0 Å². The molecular formula is C10H15BrOSi. The average Bonchev–Trinajstić information content (AvgIpc) is 2.04. The molecule has 0 aliphatic heterocycles. The van der Waals surface area contributed by atoms with E-state index >= 15 is 0 Å². The maximum absolute atomic E-state index is 5.81. The van der Waals surface area contributed by atoms with Gasteiger partial charge in [-0.2, -0.15) is 0 Å². The van der Waals surface area contributed by atoms with Gasteiger partial charge in [-0.25, -0.2) is 0 Å². The van der Waals surface area contributed by atoms with Crippen molar-refractivity contribution in [2.45, 2.75) is 20.0 Å². The lowest BCUT2D eigenvalue weighted by atomic mass is 10.4. The molecule has 0 fully saturated rings. The molecule has 0 atom stereocenters. The van der Waals surface area contributed by atoms with Crippen LogP contribution < -0.4 is 5.19 Å². The van der Waals surface area contributed by atoms with Crippen LogP contribution in [0.1, 0.15) is 6.92 Å². The van der Waals surface area contributed by atoms with Gasteiger partial charge >= 0.3 is 0 Å². The molecule has 0 radical (unpaired) electrons. The Morgan fingerprint density at radius 3 is 2.46 bits per heavy atom. The van der Waals surface area contributed by atoms with Gasteiger partial charge in [0.1, 0.15) is 0 Å². The van der Waals surface area contributed by atoms with Crippen LogP contribution in [0.5, 0.6) is 0 Å². The Morgan fingerprint density at radius 1 is 1.31 bits per heavy atom. The molecule has 0 aromatic heterocycles. The van der Waals surface area contributed by atoms with Gasteiger partial charge in [0.25, 0.3) is 0 Å². The van der Waals surface area contributed by atoms with Crippen molar-refractivity contribution in [1.29, 1.82) is 0 Å². The Balaban J connectivity index is 2.99. The van der Waals surface area contributed by atoms with Gasteiger partial charge in [0, 0.05) is 11.1 Å². The first-order valence-corrected chi connectivity index (χ1v) is 8.17. The summed E-state index contributed by atoms with van der Waals surface area (Å²) in [6, 6.07) is 8.31. The first-order chi connectivity index (χ1) is 6.08. The molecule has 3 heteroatoms. The molecule has 0 amide bonds. The van der Waals surface area contributed by atoms with Crippen LogP contribution in [0, 0.1) is 0 Å². The van der Waals surface area contributed by atoms with Crippen LogP contribution in [0.15, 0.2) is 28.7 Å². The largest absolute Gasteiger partial charge is 0.413 e. The van der Waals surface area contributed by atoms with Gasteiger partial charge in [-0.1, -0.05) is 34.1 Å². The molecule has 0 saturated heterocycles. The van der Waals surface area contributed by atoms with E-state index < -0.39 is 8.32 Å². The summed E-state index contributed by atoms with van der Waals surface area (Å²) in [4.78, 5) is 0. The molecule has 0 aliphatic carbocycles. The second-order valence-corrected chi connectivity index (χ2v) is 8.13. The highest BCUT2D eigenvalue weighted by molar-refractivity contribution is 9.10. The smallest absolute Gasteiger partial charge is 0.219 e. The molecule has 0 aliphatic rings. The summed E-state index contributed by atoms with van der Waals surface area (Å²) in [7, 11) is -1.67. The Kier molecular flexibility index (Phi) is 3.70. The number of hydrogen-bond donors (Lipinski definition) is 0. The number of halogens is 1. The molecule has 0 spiro atoms. The van der Waals surface area contributed by atoms with Crippen LogP contribution in [0.2, 0.25) is 13.1 Å². The van der Waals surface area contributed by atoms with Gasteiger partial charge < -0.3 is 4.43 Å². The summed E-state index contributed by atoms with van der Waals surface area (Å²) in [5.41, 5.74) is 0. The maximum atomic E-state index is 5.81. The molecule has 0 unspecified atom stereocenters. The third kappa shape index (κ3) is 2.66. The van der Waals surface area contributed by atoms with Gasteiger partial charge in [-0.15, -0.1) is 0 Å². The number of rotatable bonds is 3. The Labute approximate surface area is 89.4 Å². The van der Waals surface area contributed by atoms with E-state index in [9.17, 15) is 0 Å². The van der Waals surface area contributed by atoms with Crippen LogP contribution in [0.25, 0.3) is 0 Å². The van der Waals surface area contributed by atoms with Crippen molar-refractivity contribution in [3.8, 4) is 0 Å². The van der Waals surface area contributed by atoms with Crippen molar-refractivity contribution in [3.05, 3.63) is 28.7 Å². The van der Waals surface area contributed by atoms with Crippen LogP contribution >= 0.6 is 15.9 Å². The van der Waals surface area contributed by atoms with Crippen molar-refractivity contribution in [3.63, 3.8) is 0 Å². The molecule has 0 saturated carbocycles. The van der Waals surface area contributed by atoms with Crippen LogP contribution in [-0.2, 0) is 4.43 Å². The van der Waals surface area contributed by atoms with E-state index in [0.717, 1.165) is 6.61 Å². The van der Waals surface area contributed by atoms with E-state index in [1.165, 1.54) is 9.66 Å². The quantitative estimate of drug-likeness (QED) is 0.758. The van der Waals surface area contributed by atoms with E-state index in [0.29, 0.717) is 0 Å². The van der Waals surface area contributed by atoms with Crippen molar-refractivity contribution < 1.29 is 4.43 Å². The normalized spacial score (nSPS) is 11.7. The summed E-state index contributed by atoms with van der Waals surface area (Å²) < 4.78 is 6.97. The van der Waals surface area contributed by atoms with E-state index in [2.05, 4.69) is 47.2 Å². The lowest BCUT2D eigenvalue weighted by Gasteiger charge is -2.23. The molecular weight excluding hydrogens is 244 g/mol. The minimum absolute atomic E-state index is 0.792. The number of hydrogen-bond acceptors (Lipinski definition) is 1. The molecule has 0 bridgehead atoms. The van der Waals surface area contributed by atoms with Crippen LogP contribution in [-0.4, -0.2) is 14.9 Å². The van der Waals surface area contributed by atoms with Crippen molar-refractivity contribution in [2.75, 3.05) is 6.61 Å². The van der Waals surface area contributed by atoms with Crippen LogP contribution in [0.4, 0.5) is 0 Å². The van der Waals surface area contributed by atoms with Gasteiger partial charge in [-0.05, 0) is 31.3 Å². The predicted octanol–water partition coefficient (Wildman–Crippen LogP) is 2.90. The molecule has 1 nitrogen and oxygen atoms in total. The fraction of sp³-hybridized carbons (Fsp3) is 0.400. The van der Waals surface area contributed by atoms with Crippen molar-refractivity contribution in [1.82, 2.24) is 0 Å². The summed E-state index contributed by atoms with van der Waals surface area (Å²) in [5, 5.41) is 1.33. The average molecular weight is 259 g/mol. The second-order valence-electron chi connectivity index (χ2n) is 3.42. The fourth-order valence-corrected chi connectivity index (χ4v) is 5.14. The third-order valence-electron chi connectivity index (χ3n) is 2.03. The lowest BCUT2D eigenvalue weighted by Crippen LogP contribution is -2.45. The Bertz CT molecular complexity index is 286.